The number of H-pyrrole nitrogens is 1. The van der Waals surface area contributed by atoms with Gasteiger partial charge in [0.1, 0.15) is 22.1 Å². The maximum absolute atomic E-state index is 5.26. The van der Waals surface area contributed by atoms with Crippen molar-refractivity contribution in [2.75, 3.05) is 0 Å². The van der Waals surface area contributed by atoms with E-state index in [0.717, 1.165) is 66.5 Å². The lowest BCUT2D eigenvalue weighted by Gasteiger charge is -2.09. The van der Waals surface area contributed by atoms with E-state index in [1.54, 1.807) is 0 Å². The van der Waals surface area contributed by atoms with Gasteiger partial charge < -0.3 is 14.1 Å². The van der Waals surface area contributed by atoms with Crippen LogP contribution in [0.3, 0.4) is 0 Å². The third kappa shape index (κ3) is 2.77. The van der Waals surface area contributed by atoms with Crippen LogP contribution in [-0.4, -0.2) is 29.1 Å². The number of rotatable bonds is 2. The Morgan fingerprint density at radius 2 is 1.10 bits per heavy atom. The number of nitrogens with zero attached hydrogens (tertiary/aromatic N) is 5. The van der Waals surface area contributed by atoms with Crippen LogP contribution in [-0.2, 0) is 0 Å². The van der Waals surface area contributed by atoms with Crippen molar-refractivity contribution in [2.45, 2.75) is 0 Å². The molecule has 0 saturated carbocycles. The van der Waals surface area contributed by atoms with E-state index in [2.05, 4.69) is 99.0 Å². The molecule has 0 spiro atoms. The quantitative estimate of drug-likeness (QED) is 0.264. The van der Waals surface area contributed by atoms with E-state index >= 15 is 0 Å². The number of pyridine rings is 3. The Kier molecular flexibility index (Phi) is 3.96. The van der Waals surface area contributed by atoms with Crippen molar-refractivity contribution >= 4 is 65.9 Å². The van der Waals surface area contributed by atoms with Crippen LogP contribution in [0.5, 0.6) is 0 Å². The highest BCUT2D eigenvalue weighted by Crippen LogP contribution is 2.37. The average molecular weight is 501 g/mol. The summed E-state index contributed by atoms with van der Waals surface area (Å²) in [6.07, 6.45) is 3.67. The normalized spacial score (nSPS) is 12.1. The molecule has 0 bridgehead atoms. The molecule has 182 valence electrons. The van der Waals surface area contributed by atoms with Gasteiger partial charge in [0, 0.05) is 45.6 Å². The molecule has 0 saturated heterocycles. The first kappa shape index (κ1) is 20.6. The van der Waals surface area contributed by atoms with Crippen molar-refractivity contribution in [2.24, 2.45) is 0 Å². The van der Waals surface area contributed by atoms with Crippen molar-refractivity contribution in [3.05, 3.63) is 116 Å². The summed E-state index contributed by atoms with van der Waals surface area (Å²) < 4.78 is 4.54. The molecule has 0 radical (unpaired) electrons. The van der Waals surface area contributed by atoms with E-state index in [-0.39, 0.29) is 0 Å². The Morgan fingerprint density at radius 1 is 0.462 bits per heavy atom. The minimum atomic E-state index is 0.870. The molecule has 39 heavy (non-hydrogen) atoms. The lowest BCUT2D eigenvalue weighted by atomic mass is 10.1. The number of aromatic amines is 1. The van der Waals surface area contributed by atoms with Crippen LogP contribution in [0.15, 0.2) is 116 Å². The SMILES string of the molecule is c1ccc(-n2c3cccnc3c3nc4c5ncccc5n(-c5ccc6[nH]c7ccccc7c6c5)c4cc32)cc1. The summed E-state index contributed by atoms with van der Waals surface area (Å²) in [6.45, 7) is 0. The van der Waals surface area contributed by atoms with Crippen LogP contribution in [0.1, 0.15) is 0 Å². The van der Waals surface area contributed by atoms with Crippen molar-refractivity contribution in [3.63, 3.8) is 0 Å². The van der Waals surface area contributed by atoms with E-state index in [1.807, 2.05) is 30.6 Å². The summed E-state index contributed by atoms with van der Waals surface area (Å²) in [7, 11) is 0. The number of fused-ring (bicyclic) bond motifs is 9. The smallest absolute Gasteiger partial charge is 0.116 e. The van der Waals surface area contributed by atoms with Gasteiger partial charge in [-0.3, -0.25) is 9.97 Å². The molecule has 6 heteroatoms. The maximum Gasteiger partial charge on any atom is 0.116 e. The van der Waals surface area contributed by atoms with Gasteiger partial charge in [-0.1, -0.05) is 36.4 Å². The molecule has 1 N–H and O–H groups in total. The third-order valence-corrected chi connectivity index (χ3v) is 7.73. The van der Waals surface area contributed by atoms with Crippen LogP contribution in [0.4, 0.5) is 0 Å². The van der Waals surface area contributed by atoms with E-state index in [4.69, 9.17) is 15.0 Å². The van der Waals surface area contributed by atoms with Crippen molar-refractivity contribution in [1.29, 1.82) is 0 Å². The molecule has 0 fully saturated rings. The molecule has 0 aliphatic heterocycles. The standard InChI is InChI=1S/C33H20N6/c1-2-8-20(9-3-1)38-26-12-6-16-34-30(26)32-28(38)19-29-33(37-32)31-27(13-7-17-35-31)39(29)21-14-15-25-23(18-21)22-10-4-5-11-24(22)36-25/h1-19,36H. The number of benzene rings is 3. The van der Waals surface area contributed by atoms with E-state index in [9.17, 15) is 0 Å². The summed E-state index contributed by atoms with van der Waals surface area (Å²) in [5.41, 5.74) is 12.0. The number of para-hydroxylation sites is 2. The summed E-state index contributed by atoms with van der Waals surface area (Å²) >= 11 is 0. The Balaban J connectivity index is 1.44. The molecule has 0 aliphatic carbocycles. The Morgan fingerprint density at radius 3 is 1.85 bits per heavy atom. The van der Waals surface area contributed by atoms with Crippen molar-refractivity contribution in [1.82, 2.24) is 29.1 Å². The van der Waals surface area contributed by atoms with Gasteiger partial charge in [0.15, 0.2) is 0 Å². The number of hydrogen-bond acceptors (Lipinski definition) is 3. The fraction of sp³-hybridized carbons (Fsp3) is 0. The molecule has 0 aliphatic rings. The zero-order valence-corrected chi connectivity index (χ0v) is 20.7. The van der Waals surface area contributed by atoms with Gasteiger partial charge in [-0.15, -0.1) is 0 Å². The third-order valence-electron chi connectivity index (χ3n) is 7.73. The van der Waals surface area contributed by atoms with E-state index in [0.29, 0.717) is 0 Å². The predicted molar refractivity (Wildman–Crippen MR) is 158 cm³/mol. The second-order valence-corrected chi connectivity index (χ2v) is 9.87. The fourth-order valence-corrected chi connectivity index (χ4v) is 6.07. The summed E-state index contributed by atoms with van der Waals surface area (Å²) in [5.74, 6) is 0. The second kappa shape index (κ2) is 7.52. The minimum Gasteiger partial charge on any atom is -0.355 e. The molecule has 0 unspecified atom stereocenters. The van der Waals surface area contributed by atoms with Gasteiger partial charge in [-0.05, 0) is 66.7 Å². The lowest BCUT2D eigenvalue weighted by Crippen LogP contribution is -1.96. The first-order valence-corrected chi connectivity index (χ1v) is 13.0. The predicted octanol–water partition coefficient (Wildman–Crippen LogP) is 7.70. The summed E-state index contributed by atoms with van der Waals surface area (Å²) in [5, 5.41) is 2.41. The van der Waals surface area contributed by atoms with Gasteiger partial charge in [0.05, 0.1) is 22.1 Å². The molecular formula is C33H20N6. The molecule has 0 amide bonds. The van der Waals surface area contributed by atoms with Crippen LogP contribution >= 0.6 is 0 Å². The van der Waals surface area contributed by atoms with Crippen LogP contribution in [0.25, 0.3) is 77.3 Å². The summed E-state index contributed by atoms with van der Waals surface area (Å²) in [6, 6.07) is 35.9. The molecule has 9 rings (SSSR count). The Hall–Kier alpha value is -5.49. The monoisotopic (exact) mass is 500 g/mol. The number of nitrogens with one attached hydrogen (secondary N) is 1. The van der Waals surface area contributed by atoms with Gasteiger partial charge in [-0.2, -0.15) is 0 Å². The van der Waals surface area contributed by atoms with Gasteiger partial charge in [0.25, 0.3) is 0 Å². The fourth-order valence-electron chi connectivity index (χ4n) is 6.07. The molecule has 9 aromatic rings. The second-order valence-electron chi connectivity index (χ2n) is 9.87. The largest absolute Gasteiger partial charge is 0.355 e. The minimum absolute atomic E-state index is 0.870. The van der Waals surface area contributed by atoms with Gasteiger partial charge in [-0.25, -0.2) is 4.98 Å². The molecule has 6 heterocycles. The molecule has 3 aromatic carbocycles. The van der Waals surface area contributed by atoms with E-state index in [1.165, 1.54) is 10.8 Å². The first-order valence-electron chi connectivity index (χ1n) is 13.0. The summed E-state index contributed by atoms with van der Waals surface area (Å²) in [4.78, 5) is 18.3. The molecule has 0 atom stereocenters. The average Bonchev–Trinajstić information content (AvgIpc) is 3.63. The zero-order chi connectivity index (χ0) is 25.5. The van der Waals surface area contributed by atoms with Crippen molar-refractivity contribution < 1.29 is 0 Å². The van der Waals surface area contributed by atoms with Gasteiger partial charge in [0.2, 0.25) is 0 Å². The highest BCUT2D eigenvalue weighted by molar-refractivity contribution is 6.14. The highest BCUT2D eigenvalue weighted by Gasteiger charge is 2.21. The Bertz CT molecular complexity index is 2390. The lowest BCUT2D eigenvalue weighted by molar-refractivity contribution is 1.16. The zero-order valence-electron chi connectivity index (χ0n) is 20.7. The number of aromatic nitrogens is 6. The maximum atomic E-state index is 5.26. The van der Waals surface area contributed by atoms with Crippen LogP contribution in [0, 0.1) is 0 Å². The van der Waals surface area contributed by atoms with Crippen LogP contribution < -0.4 is 0 Å². The van der Waals surface area contributed by atoms with Crippen molar-refractivity contribution in [3.8, 4) is 11.4 Å². The van der Waals surface area contributed by atoms with E-state index < -0.39 is 0 Å². The first-order chi connectivity index (χ1) is 19.3. The molecule has 6 nitrogen and oxygen atoms in total. The Labute approximate surface area is 221 Å². The number of hydrogen-bond donors (Lipinski definition) is 1. The molecule has 6 aromatic heterocycles. The van der Waals surface area contributed by atoms with Gasteiger partial charge >= 0.3 is 0 Å². The van der Waals surface area contributed by atoms with Crippen LogP contribution in [0.2, 0.25) is 0 Å². The highest BCUT2D eigenvalue weighted by atomic mass is 15.1. The topological polar surface area (TPSA) is 64.3 Å². The molecular weight excluding hydrogens is 480 g/mol.